The molecule has 5 heteroatoms. The van der Waals surface area contributed by atoms with Crippen molar-refractivity contribution in [3.8, 4) is 5.95 Å². The molecule has 0 spiro atoms. The summed E-state index contributed by atoms with van der Waals surface area (Å²) in [5.74, 6) is 0.629. The van der Waals surface area contributed by atoms with Crippen LogP contribution in [0.3, 0.4) is 0 Å². The predicted octanol–water partition coefficient (Wildman–Crippen LogP) is 3.19. The third kappa shape index (κ3) is 1.80. The molecule has 0 amide bonds. The van der Waals surface area contributed by atoms with Gasteiger partial charge >= 0.3 is 0 Å². The van der Waals surface area contributed by atoms with Crippen molar-refractivity contribution in [2.45, 2.75) is 13.8 Å². The highest BCUT2D eigenvalue weighted by atomic mass is 79.9. The number of aromatic nitrogens is 4. The summed E-state index contributed by atoms with van der Waals surface area (Å²) >= 11 is 3.33. The van der Waals surface area contributed by atoms with Crippen LogP contribution >= 0.6 is 15.9 Å². The zero-order valence-electron chi connectivity index (χ0n) is 10.1. The Morgan fingerprint density at radius 2 is 1.67 bits per heavy atom. The second-order valence-corrected chi connectivity index (χ2v) is 5.16. The van der Waals surface area contributed by atoms with Crippen LogP contribution in [0.25, 0.3) is 17.0 Å². The van der Waals surface area contributed by atoms with Crippen molar-refractivity contribution in [1.29, 1.82) is 0 Å². The Hall–Kier alpha value is -1.75. The molecule has 0 unspecified atom stereocenters. The molecule has 0 radical (unpaired) electrons. The zero-order valence-corrected chi connectivity index (χ0v) is 11.6. The maximum atomic E-state index is 4.39. The Balaban J connectivity index is 2.23. The molecule has 2 aromatic heterocycles. The number of halogens is 1. The molecule has 0 atom stereocenters. The first kappa shape index (κ1) is 11.3. The van der Waals surface area contributed by atoms with Crippen molar-refractivity contribution in [2.24, 2.45) is 0 Å². The van der Waals surface area contributed by atoms with Gasteiger partial charge in [-0.05, 0) is 53.0 Å². The van der Waals surface area contributed by atoms with Crippen LogP contribution in [0.15, 0.2) is 35.3 Å². The summed E-state index contributed by atoms with van der Waals surface area (Å²) < 4.78 is 2.76. The fourth-order valence-electron chi connectivity index (χ4n) is 1.85. The summed E-state index contributed by atoms with van der Waals surface area (Å²) in [6.45, 7) is 4.18. The summed E-state index contributed by atoms with van der Waals surface area (Å²) in [5, 5.41) is 0. The zero-order chi connectivity index (χ0) is 12.7. The van der Waals surface area contributed by atoms with Crippen LogP contribution in [0.4, 0.5) is 0 Å². The highest BCUT2D eigenvalue weighted by Crippen LogP contribution is 2.20. The lowest BCUT2D eigenvalue weighted by molar-refractivity contribution is 0.943. The molecule has 1 aromatic carbocycles. The minimum absolute atomic E-state index is 0.629. The average molecular weight is 303 g/mol. The molecule has 18 heavy (non-hydrogen) atoms. The molecule has 2 heterocycles. The lowest BCUT2D eigenvalue weighted by atomic mass is 10.1. The summed E-state index contributed by atoms with van der Waals surface area (Å²) in [5.41, 5.74) is 4.47. The Morgan fingerprint density at radius 3 is 2.39 bits per heavy atom. The van der Waals surface area contributed by atoms with Gasteiger partial charge in [-0.25, -0.2) is 15.0 Å². The summed E-state index contributed by atoms with van der Waals surface area (Å²) in [6.07, 6.45) is 5.22. The van der Waals surface area contributed by atoms with Crippen LogP contribution in [0.1, 0.15) is 11.1 Å². The normalized spacial score (nSPS) is 11.1. The van der Waals surface area contributed by atoms with Crippen LogP contribution in [-0.4, -0.2) is 19.5 Å². The predicted molar refractivity (Wildman–Crippen MR) is 73.8 cm³/mol. The summed E-state index contributed by atoms with van der Waals surface area (Å²) in [7, 11) is 0. The third-order valence-electron chi connectivity index (χ3n) is 2.98. The van der Waals surface area contributed by atoms with E-state index in [1.165, 1.54) is 11.1 Å². The molecular weight excluding hydrogens is 292 g/mol. The van der Waals surface area contributed by atoms with Crippen LogP contribution in [0.5, 0.6) is 0 Å². The van der Waals surface area contributed by atoms with E-state index in [1.54, 1.807) is 18.7 Å². The number of hydrogen-bond donors (Lipinski definition) is 0. The Bertz CT molecular complexity index is 716. The maximum absolute atomic E-state index is 4.39. The number of benzene rings is 1. The molecule has 3 rings (SSSR count). The van der Waals surface area contributed by atoms with E-state index in [1.807, 2.05) is 4.57 Å². The fraction of sp³-hybridized carbons (Fsp3) is 0.154. The molecular formula is C13H11BrN4. The van der Waals surface area contributed by atoms with E-state index in [2.05, 4.69) is 56.9 Å². The van der Waals surface area contributed by atoms with Gasteiger partial charge in [-0.2, -0.15) is 0 Å². The standard InChI is InChI=1S/C13H11BrN4/c1-8-3-11-12(4-9(8)2)18(7-17-11)13-15-5-10(14)6-16-13/h3-7H,1-2H3. The van der Waals surface area contributed by atoms with E-state index >= 15 is 0 Å². The molecule has 0 aliphatic carbocycles. The van der Waals surface area contributed by atoms with Crippen LogP contribution in [0, 0.1) is 13.8 Å². The van der Waals surface area contributed by atoms with Gasteiger partial charge in [-0.3, -0.25) is 4.57 Å². The highest BCUT2D eigenvalue weighted by molar-refractivity contribution is 9.10. The van der Waals surface area contributed by atoms with E-state index in [9.17, 15) is 0 Å². The van der Waals surface area contributed by atoms with E-state index in [0.29, 0.717) is 5.95 Å². The molecule has 0 bridgehead atoms. The minimum Gasteiger partial charge on any atom is -0.267 e. The minimum atomic E-state index is 0.629. The van der Waals surface area contributed by atoms with Gasteiger partial charge < -0.3 is 0 Å². The maximum Gasteiger partial charge on any atom is 0.235 e. The van der Waals surface area contributed by atoms with Crippen molar-refractivity contribution < 1.29 is 0 Å². The van der Waals surface area contributed by atoms with Gasteiger partial charge in [0.25, 0.3) is 0 Å². The van der Waals surface area contributed by atoms with E-state index in [-0.39, 0.29) is 0 Å². The molecule has 0 saturated heterocycles. The fourth-order valence-corrected chi connectivity index (χ4v) is 2.06. The SMILES string of the molecule is Cc1cc2ncn(-c3ncc(Br)cn3)c2cc1C. The molecule has 0 saturated carbocycles. The second kappa shape index (κ2) is 4.17. The molecule has 0 N–H and O–H groups in total. The molecule has 0 fully saturated rings. The molecule has 4 nitrogen and oxygen atoms in total. The van der Waals surface area contributed by atoms with Crippen molar-refractivity contribution in [2.75, 3.05) is 0 Å². The Labute approximate surface area is 113 Å². The number of aryl methyl sites for hydroxylation is 2. The number of hydrogen-bond acceptors (Lipinski definition) is 3. The smallest absolute Gasteiger partial charge is 0.235 e. The van der Waals surface area contributed by atoms with Gasteiger partial charge in [0.15, 0.2) is 0 Å². The number of nitrogens with zero attached hydrogens (tertiary/aromatic N) is 4. The second-order valence-electron chi connectivity index (χ2n) is 4.24. The summed E-state index contributed by atoms with van der Waals surface area (Å²) in [6, 6.07) is 4.20. The van der Waals surface area contributed by atoms with Gasteiger partial charge in [0.05, 0.1) is 15.5 Å². The Morgan fingerprint density at radius 1 is 1.00 bits per heavy atom. The number of fused-ring (bicyclic) bond motifs is 1. The van der Waals surface area contributed by atoms with Gasteiger partial charge in [0, 0.05) is 12.4 Å². The molecule has 0 aliphatic heterocycles. The molecule has 0 aliphatic rings. The largest absolute Gasteiger partial charge is 0.267 e. The first-order valence-corrected chi connectivity index (χ1v) is 6.36. The lowest BCUT2D eigenvalue weighted by Crippen LogP contribution is -1.99. The molecule has 90 valence electrons. The Kier molecular flexibility index (Phi) is 2.63. The van der Waals surface area contributed by atoms with Crippen LogP contribution in [-0.2, 0) is 0 Å². The van der Waals surface area contributed by atoms with Crippen molar-refractivity contribution in [3.05, 3.63) is 46.5 Å². The van der Waals surface area contributed by atoms with Crippen molar-refractivity contribution in [3.63, 3.8) is 0 Å². The van der Waals surface area contributed by atoms with Crippen molar-refractivity contribution >= 4 is 27.0 Å². The topological polar surface area (TPSA) is 43.6 Å². The van der Waals surface area contributed by atoms with E-state index in [4.69, 9.17) is 0 Å². The van der Waals surface area contributed by atoms with Crippen LogP contribution in [0.2, 0.25) is 0 Å². The van der Waals surface area contributed by atoms with E-state index in [0.717, 1.165) is 15.5 Å². The van der Waals surface area contributed by atoms with Gasteiger partial charge in [0.1, 0.15) is 6.33 Å². The first-order valence-electron chi connectivity index (χ1n) is 5.57. The lowest BCUT2D eigenvalue weighted by Gasteiger charge is -2.04. The van der Waals surface area contributed by atoms with Gasteiger partial charge in [0.2, 0.25) is 5.95 Å². The van der Waals surface area contributed by atoms with Crippen LogP contribution < -0.4 is 0 Å². The third-order valence-corrected chi connectivity index (χ3v) is 3.39. The first-order chi connectivity index (χ1) is 8.65. The number of rotatable bonds is 1. The monoisotopic (exact) mass is 302 g/mol. The highest BCUT2D eigenvalue weighted by Gasteiger charge is 2.08. The quantitative estimate of drug-likeness (QED) is 0.693. The van der Waals surface area contributed by atoms with Crippen molar-refractivity contribution in [1.82, 2.24) is 19.5 Å². The molecule has 3 aromatic rings. The van der Waals surface area contributed by atoms with Gasteiger partial charge in [-0.15, -0.1) is 0 Å². The average Bonchev–Trinajstić information content (AvgIpc) is 2.74. The number of imidazole rings is 1. The van der Waals surface area contributed by atoms with E-state index < -0.39 is 0 Å². The van der Waals surface area contributed by atoms with Gasteiger partial charge in [-0.1, -0.05) is 0 Å². The summed E-state index contributed by atoms with van der Waals surface area (Å²) in [4.78, 5) is 13.0.